The van der Waals surface area contributed by atoms with Gasteiger partial charge in [0.2, 0.25) is 11.5 Å². The van der Waals surface area contributed by atoms with Crippen LogP contribution in [0.1, 0.15) is 49.3 Å². The Labute approximate surface area is 326 Å². The van der Waals surface area contributed by atoms with Crippen molar-refractivity contribution in [1.82, 2.24) is 9.88 Å². The van der Waals surface area contributed by atoms with E-state index < -0.39 is 0 Å². The standard InChI is InChI=1S/C46H55N3O6/c1-8-9-11-32-14-16-38(17-15-32)49(31-33-12-10-13-35(24-33)36-26-41(50-2)45(54-6)42(27-36)51-3)39-19-22-48(23-20-39)30-34-18-21-47-40(25-34)37-28-43(52-4)46(55-7)44(29-37)53-5/h10,12-18,21,24-29,39H,8-9,11,19-20,22-23,30-31H2,1-7H3. The van der Waals surface area contributed by atoms with Gasteiger partial charge in [-0.25, -0.2) is 0 Å². The molecule has 5 aromatic rings. The lowest BCUT2D eigenvalue weighted by atomic mass is 9.98. The number of rotatable bonds is 17. The third-order valence-electron chi connectivity index (χ3n) is 10.6. The molecule has 1 saturated heterocycles. The van der Waals surface area contributed by atoms with E-state index >= 15 is 0 Å². The number of pyridine rings is 1. The number of ether oxygens (including phenoxy) is 6. The van der Waals surface area contributed by atoms with E-state index in [0.29, 0.717) is 40.5 Å². The summed E-state index contributed by atoms with van der Waals surface area (Å²) in [7, 11) is 9.81. The maximum Gasteiger partial charge on any atom is 0.203 e. The monoisotopic (exact) mass is 745 g/mol. The zero-order valence-corrected chi connectivity index (χ0v) is 33.4. The summed E-state index contributed by atoms with van der Waals surface area (Å²) in [5.74, 6) is 3.66. The molecule has 6 rings (SSSR count). The average molecular weight is 746 g/mol. The van der Waals surface area contributed by atoms with Gasteiger partial charge in [0.15, 0.2) is 23.0 Å². The Hall–Kier alpha value is -5.41. The summed E-state index contributed by atoms with van der Waals surface area (Å²) in [6.07, 6.45) is 7.53. The lowest BCUT2D eigenvalue weighted by molar-refractivity contribution is 0.201. The first-order valence-electron chi connectivity index (χ1n) is 19.1. The number of unbranched alkanes of at least 4 members (excludes halogenated alkanes) is 1. The number of nitrogens with zero attached hydrogens (tertiary/aromatic N) is 3. The van der Waals surface area contributed by atoms with E-state index in [1.807, 2.05) is 30.5 Å². The van der Waals surface area contributed by atoms with Crippen molar-refractivity contribution in [3.63, 3.8) is 0 Å². The number of aromatic nitrogens is 1. The van der Waals surface area contributed by atoms with Gasteiger partial charge in [-0.05, 0) is 108 Å². The van der Waals surface area contributed by atoms with E-state index in [1.54, 1.807) is 42.7 Å². The minimum atomic E-state index is 0.398. The number of likely N-dealkylation sites (tertiary alicyclic amines) is 1. The number of aryl methyl sites for hydroxylation is 1. The highest BCUT2D eigenvalue weighted by Crippen LogP contribution is 2.42. The van der Waals surface area contributed by atoms with E-state index in [1.165, 1.54) is 35.2 Å². The topological polar surface area (TPSA) is 74.8 Å². The Kier molecular flexibility index (Phi) is 13.4. The van der Waals surface area contributed by atoms with E-state index in [4.69, 9.17) is 33.4 Å². The molecular weight excluding hydrogens is 691 g/mol. The van der Waals surface area contributed by atoms with Gasteiger partial charge in [-0.1, -0.05) is 43.7 Å². The second-order valence-corrected chi connectivity index (χ2v) is 14.0. The van der Waals surface area contributed by atoms with Crippen LogP contribution in [0.15, 0.2) is 91.1 Å². The highest BCUT2D eigenvalue weighted by Gasteiger charge is 2.26. The molecule has 0 N–H and O–H groups in total. The summed E-state index contributed by atoms with van der Waals surface area (Å²) in [6.45, 7) is 5.92. The zero-order chi connectivity index (χ0) is 38.7. The molecule has 0 bridgehead atoms. The first-order valence-corrected chi connectivity index (χ1v) is 19.1. The molecule has 55 heavy (non-hydrogen) atoms. The van der Waals surface area contributed by atoms with Crippen molar-refractivity contribution in [2.75, 3.05) is 60.6 Å². The van der Waals surface area contributed by atoms with Crippen molar-refractivity contribution >= 4 is 5.69 Å². The van der Waals surface area contributed by atoms with Crippen molar-refractivity contribution in [2.45, 2.75) is 58.2 Å². The van der Waals surface area contributed by atoms with E-state index in [2.05, 4.69) is 77.4 Å². The molecule has 290 valence electrons. The third-order valence-corrected chi connectivity index (χ3v) is 10.6. The number of anilines is 1. The molecule has 0 amide bonds. The van der Waals surface area contributed by atoms with Gasteiger partial charge in [0, 0.05) is 49.7 Å². The molecule has 0 unspecified atom stereocenters. The van der Waals surface area contributed by atoms with Crippen LogP contribution in [-0.4, -0.2) is 71.7 Å². The molecule has 0 radical (unpaired) electrons. The quantitative estimate of drug-likeness (QED) is 0.0926. The first-order chi connectivity index (χ1) is 26.9. The molecule has 0 aliphatic carbocycles. The largest absolute Gasteiger partial charge is 0.493 e. The lowest BCUT2D eigenvalue weighted by Gasteiger charge is -2.40. The Balaban J connectivity index is 1.20. The fourth-order valence-electron chi connectivity index (χ4n) is 7.57. The van der Waals surface area contributed by atoms with Crippen LogP contribution in [0.25, 0.3) is 22.4 Å². The minimum absolute atomic E-state index is 0.398. The van der Waals surface area contributed by atoms with Crippen LogP contribution in [0.4, 0.5) is 5.69 Å². The van der Waals surface area contributed by atoms with Crippen molar-refractivity contribution in [3.8, 4) is 56.9 Å². The van der Waals surface area contributed by atoms with Crippen molar-refractivity contribution in [1.29, 1.82) is 0 Å². The molecule has 0 saturated carbocycles. The number of hydrogen-bond acceptors (Lipinski definition) is 9. The van der Waals surface area contributed by atoms with Gasteiger partial charge in [0.1, 0.15) is 0 Å². The molecule has 1 aromatic heterocycles. The van der Waals surface area contributed by atoms with Crippen molar-refractivity contribution in [3.05, 3.63) is 108 Å². The maximum absolute atomic E-state index is 5.67. The van der Waals surface area contributed by atoms with E-state index in [9.17, 15) is 0 Å². The average Bonchev–Trinajstić information content (AvgIpc) is 3.24. The molecule has 1 aliphatic heterocycles. The maximum atomic E-state index is 5.67. The van der Waals surface area contributed by atoms with Crippen LogP contribution in [0.2, 0.25) is 0 Å². The Morgan fingerprint density at radius 3 is 1.78 bits per heavy atom. The molecule has 4 aromatic carbocycles. The first kappa shape index (κ1) is 39.3. The van der Waals surface area contributed by atoms with Gasteiger partial charge >= 0.3 is 0 Å². The number of benzene rings is 4. The van der Waals surface area contributed by atoms with Gasteiger partial charge in [-0.3, -0.25) is 9.88 Å². The lowest BCUT2D eigenvalue weighted by Crippen LogP contribution is -2.44. The van der Waals surface area contributed by atoms with Crippen LogP contribution < -0.4 is 33.3 Å². The SMILES string of the molecule is CCCCc1ccc(N(Cc2cccc(-c3cc(OC)c(OC)c(OC)c3)c2)C2CCN(Cc3ccnc(-c4cc(OC)c(OC)c(OC)c4)c3)CC2)cc1. The Morgan fingerprint density at radius 2 is 1.22 bits per heavy atom. The Morgan fingerprint density at radius 1 is 0.618 bits per heavy atom. The normalized spacial score (nSPS) is 13.3. The number of methoxy groups -OCH3 is 6. The molecule has 0 spiro atoms. The summed E-state index contributed by atoms with van der Waals surface area (Å²) in [5, 5.41) is 0. The summed E-state index contributed by atoms with van der Waals surface area (Å²) in [6, 6.07) is 30.7. The van der Waals surface area contributed by atoms with Gasteiger partial charge in [0.25, 0.3) is 0 Å². The molecule has 1 aliphatic rings. The summed E-state index contributed by atoms with van der Waals surface area (Å²) >= 11 is 0. The molecule has 1 fully saturated rings. The zero-order valence-electron chi connectivity index (χ0n) is 33.4. The highest BCUT2D eigenvalue weighted by atomic mass is 16.5. The van der Waals surface area contributed by atoms with Crippen LogP contribution >= 0.6 is 0 Å². The van der Waals surface area contributed by atoms with Crippen molar-refractivity contribution in [2.24, 2.45) is 0 Å². The highest BCUT2D eigenvalue weighted by molar-refractivity contribution is 5.72. The molecule has 9 heteroatoms. The van der Waals surface area contributed by atoms with Gasteiger partial charge < -0.3 is 33.3 Å². The predicted octanol–water partition coefficient (Wildman–Crippen LogP) is 9.48. The van der Waals surface area contributed by atoms with Gasteiger partial charge in [0.05, 0.1) is 48.4 Å². The summed E-state index contributed by atoms with van der Waals surface area (Å²) in [4.78, 5) is 9.87. The van der Waals surface area contributed by atoms with Crippen LogP contribution in [0.3, 0.4) is 0 Å². The smallest absolute Gasteiger partial charge is 0.203 e. The Bertz CT molecular complexity index is 1960. The van der Waals surface area contributed by atoms with Crippen LogP contribution in [-0.2, 0) is 19.5 Å². The van der Waals surface area contributed by atoms with E-state index in [-0.39, 0.29) is 0 Å². The summed E-state index contributed by atoms with van der Waals surface area (Å²) < 4.78 is 33.7. The second-order valence-electron chi connectivity index (χ2n) is 14.0. The van der Waals surface area contributed by atoms with Gasteiger partial charge in [-0.15, -0.1) is 0 Å². The second kappa shape index (κ2) is 18.8. The molecular formula is C46H55N3O6. The van der Waals surface area contributed by atoms with Crippen LogP contribution in [0.5, 0.6) is 34.5 Å². The fourth-order valence-corrected chi connectivity index (χ4v) is 7.57. The molecule has 9 nitrogen and oxygen atoms in total. The van der Waals surface area contributed by atoms with E-state index in [0.717, 1.165) is 67.8 Å². The van der Waals surface area contributed by atoms with Crippen molar-refractivity contribution < 1.29 is 28.4 Å². The molecule has 2 heterocycles. The number of hydrogen-bond donors (Lipinski definition) is 0. The minimum Gasteiger partial charge on any atom is -0.493 e. The predicted molar refractivity (Wildman–Crippen MR) is 220 cm³/mol. The summed E-state index contributed by atoms with van der Waals surface area (Å²) in [5.41, 5.74) is 9.04. The molecule has 0 atom stereocenters. The van der Waals surface area contributed by atoms with Crippen LogP contribution in [0, 0.1) is 0 Å². The third kappa shape index (κ3) is 9.28. The number of piperidine rings is 1. The van der Waals surface area contributed by atoms with Gasteiger partial charge in [-0.2, -0.15) is 0 Å². The fraction of sp³-hybridized carbons (Fsp3) is 0.370.